The first kappa shape index (κ1) is 16.1. The third-order valence-electron chi connectivity index (χ3n) is 2.78. The summed E-state index contributed by atoms with van der Waals surface area (Å²) >= 11 is 0. The number of carbonyl (C=O) groups is 2. The van der Waals surface area contributed by atoms with Gasteiger partial charge in [0.05, 0.1) is 6.54 Å². The highest BCUT2D eigenvalue weighted by Crippen LogP contribution is 2.07. The molecular formula is C15H21FN2O2. The summed E-state index contributed by atoms with van der Waals surface area (Å²) in [6, 6.07) is 5.36. The molecule has 0 spiro atoms. The van der Waals surface area contributed by atoms with Gasteiger partial charge in [-0.2, -0.15) is 0 Å². The molecule has 1 rings (SSSR count). The van der Waals surface area contributed by atoms with Gasteiger partial charge in [0, 0.05) is 18.7 Å². The van der Waals surface area contributed by atoms with Gasteiger partial charge < -0.3 is 10.2 Å². The fourth-order valence-electron chi connectivity index (χ4n) is 1.79. The molecule has 0 fully saturated rings. The Bertz CT molecular complexity index is 446. The maximum atomic E-state index is 12.9. The predicted octanol–water partition coefficient (Wildman–Crippen LogP) is 2.20. The topological polar surface area (TPSA) is 49.4 Å². The SMILES string of the molecule is CCCNC(=O)CN(CCC)C(=O)c1ccc(F)cc1. The third kappa shape index (κ3) is 4.99. The Hall–Kier alpha value is -1.91. The highest BCUT2D eigenvalue weighted by molar-refractivity contribution is 5.96. The second-order valence-electron chi connectivity index (χ2n) is 4.58. The zero-order chi connectivity index (χ0) is 15.0. The van der Waals surface area contributed by atoms with E-state index in [-0.39, 0.29) is 24.2 Å². The van der Waals surface area contributed by atoms with Crippen LogP contribution in [-0.4, -0.2) is 36.3 Å². The average Bonchev–Trinajstić information content (AvgIpc) is 2.44. The molecule has 110 valence electrons. The Balaban J connectivity index is 2.71. The third-order valence-corrected chi connectivity index (χ3v) is 2.78. The van der Waals surface area contributed by atoms with Crippen molar-refractivity contribution >= 4 is 11.8 Å². The second kappa shape index (κ2) is 8.30. The summed E-state index contributed by atoms with van der Waals surface area (Å²) in [5, 5.41) is 2.74. The lowest BCUT2D eigenvalue weighted by molar-refractivity contribution is -0.121. The van der Waals surface area contributed by atoms with Crippen molar-refractivity contribution in [3.05, 3.63) is 35.6 Å². The van der Waals surface area contributed by atoms with Crippen LogP contribution < -0.4 is 5.32 Å². The van der Waals surface area contributed by atoms with Crippen molar-refractivity contribution in [3.63, 3.8) is 0 Å². The maximum Gasteiger partial charge on any atom is 0.254 e. The largest absolute Gasteiger partial charge is 0.355 e. The molecule has 0 radical (unpaired) electrons. The molecule has 4 nitrogen and oxygen atoms in total. The molecule has 0 aliphatic carbocycles. The highest BCUT2D eigenvalue weighted by atomic mass is 19.1. The molecule has 0 aromatic heterocycles. The van der Waals surface area contributed by atoms with E-state index in [0.717, 1.165) is 12.8 Å². The molecule has 0 saturated heterocycles. The van der Waals surface area contributed by atoms with Gasteiger partial charge in [-0.15, -0.1) is 0 Å². The van der Waals surface area contributed by atoms with E-state index in [1.165, 1.54) is 29.2 Å². The number of nitrogens with zero attached hydrogens (tertiary/aromatic N) is 1. The molecule has 1 aromatic carbocycles. The van der Waals surface area contributed by atoms with E-state index in [0.29, 0.717) is 18.7 Å². The highest BCUT2D eigenvalue weighted by Gasteiger charge is 2.17. The van der Waals surface area contributed by atoms with Crippen LogP contribution in [-0.2, 0) is 4.79 Å². The van der Waals surface area contributed by atoms with Crippen molar-refractivity contribution in [2.24, 2.45) is 0 Å². The van der Waals surface area contributed by atoms with Crippen LogP contribution >= 0.6 is 0 Å². The van der Waals surface area contributed by atoms with Gasteiger partial charge in [-0.25, -0.2) is 4.39 Å². The van der Waals surface area contributed by atoms with Crippen molar-refractivity contribution in [2.45, 2.75) is 26.7 Å². The maximum absolute atomic E-state index is 12.9. The van der Waals surface area contributed by atoms with Gasteiger partial charge in [0.1, 0.15) is 5.82 Å². The Morgan fingerprint density at radius 2 is 1.80 bits per heavy atom. The predicted molar refractivity (Wildman–Crippen MR) is 75.9 cm³/mol. The van der Waals surface area contributed by atoms with E-state index >= 15 is 0 Å². The lowest BCUT2D eigenvalue weighted by atomic mass is 10.2. The number of halogens is 1. The van der Waals surface area contributed by atoms with Crippen molar-refractivity contribution < 1.29 is 14.0 Å². The van der Waals surface area contributed by atoms with E-state index in [4.69, 9.17) is 0 Å². The average molecular weight is 280 g/mol. The minimum Gasteiger partial charge on any atom is -0.355 e. The zero-order valence-electron chi connectivity index (χ0n) is 12.0. The number of hydrogen-bond donors (Lipinski definition) is 1. The van der Waals surface area contributed by atoms with E-state index in [1.807, 2.05) is 13.8 Å². The number of amides is 2. The summed E-state index contributed by atoms with van der Waals surface area (Å²) in [4.78, 5) is 25.5. The Labute approximate surface area is 119 Å². The van der Waals surface area contributed by atoms with E-state index in [1.54, 1.807) is 0 Å². The van der Waals surface area contributed by atoms with Crippen LogP contribution in [0.25, 0.3) is 0 Å². The molecule has 0 unspecified atom stereocenters. The quantitative estimate of drug-likeness (QED) is 0.832. The minimum atomic E-state index is -0.385. The smallest absolute Gasteiger partial charge is 0.254 e. The van der Waals surface area contributed by atoms with Gasteiger partial charge in [-0.1, -0.05) is 13.8 Å². The first-order valence-corrected chi connectivity index (χ1v) is 6.90. The van der Waals surface area contributed by atoms with Crippen LogP contribution in [0.5, 0.6) is 0 Å². The summed E-state index contributed by atoms with van der Waals surface area (Å²) in [5.41, 5.74) is 0.392. The van der Waals surface area contributed by atoms with Gasteiger partial charge in [0.15, 0.2) is 0 Å². The number of nitrogens with one attached hydrogen (secondary N) is 1. The van der Waals surface area contributed by atoms with Crippen LogP contribution in [0.1, 0.15) is 37.0 Å². The molecule has 0 atom stereocenters. The van der Waals surface area contributed by atoms with Gasteiger partial charge in [-0.3, -0.25) is 9.59 Å². The summed E-state index contributed by atoms with van der Waals surface area (Å²) in [6.45, 7) is 5.03. The zero-order valence-corrected chi connectivity index (χ0v) is 12.0. The van der Waals surface area contributed by atoms with Crippen molar-refractivity contribution in [1.29, 1.82) is 0 Å². The van der Waals surface area contributed by atoms with Gasteiger partial charge in [0.25, 0.3) is 5.91 Å². The Morgan fingerprint density at radius 1 is 1.15 bits per heavy atom. The van der Waals surface area contributed by atoms with Gasteiger partial charge in [-0.05, 0) is 37.1 Å². The summed E-state index contributed by atoms with van der Waals surface area (Å²) < 4.78 is 12.9. The van der Waals surface area contributed by atoms with Crippen LogP contribution in [0, 0.1) is 5.82 Å². The first-order valence-electron chi connectivity index (χ1n) is 6.90. The molecule has 0 heterocycles. The summed E-state index contributed by atoms with van der Waals surface area (Å²) in [7, 11) is 0. The summed E-state index contributed by atoms with van der Waals surface area (Å²) in [5.74, 6) is -0.807. The number of carbonyl (C=O) groups excluding carboxylic acids is 2. The lowest BCUT2D eigenvalue weighted by Crippen LogP contribution is -2.41. The number of hydrogen-bond acceptors (Lipinski definition) is 2. The number of benzene rings is 1. The van der Waals surface area contributed by atoms with Crippen LogP contribution in [0.4, 0.5) is 4.39 Å². The second-order valence-corrected chi connectivity index (χ2v) is 4.58. The lowest BCUT2D eigenvalue weighted by Gasteiger charge is -2.21. The van der Waals surface area contributed by atoms with Crippen molar-refractivity contribution in [1.82, 2.24) is 10.2 Å². The van der Waals surface area contributed by atoms with Crippen LogP contribution in [0.3, 0.4) is 0 Å². The Morgan fingerprint density at radius 3 is 2.35 bits per heavy atom. The molecule has 1 aromatic rings. The minimum absolute atomic E-state index is 0.0318. The van der Waals surface area contributed by atoms with Crippen LogP contribution in [0.15, 0.2) is 24.3 Å². The molecule has 20 heavy (non-hydrogen) atoms. The molecule has 0 aliphatic heterocycles. The molecule has 5 heteroatoms. The molecule has 2 amide bonds. The molecule has 0 saturated carbocycles. The van der Waals surface area contributed by atoms with Crippen molar-refractivity contribution in [2.75, 3.05) is 19.6 Å². The van der Waals surface area contributed by atoms with Gasteiger partial charge >= 0.3 is 0 Å². The fraction of sp³-hybridized carbons (Fsp3) is 0.467. The van der Waals surface area contributed by atoms with E-state index in [2.05, 4.69) is 5.32 Å². The number of rotatable bonds is 7. The van der Waals surface area contributed by atoms with Gasteiger partial charge in [0.2, 0.25) is 5.91 Å². The molecule has 0 bridgehead atoms. The monoisotopic (exact) mass is 280 g/mol. The normalized spacial score (nSPS) is 10.2. The van der Waals surface area contributed by atoms with E-state index < -0.39 is 0 Å². The molecular weight excluding hydrogens is 259 g/mol. The Kier molecular flexibility index (Phi) is 6.70. The van der Waals surface area contributed by atoms with Crippen molar-refractivity contribution in [3.8, 4) is 0 Å². The molecule has 0 aliphatic rings. The standard InChI is InChI=1S/C15H21FN2O2/c1-3-9-17-14(19)11-18(10-4-2)15(20)12-5-7-13(16)8-6-12/h5-8H,3-4,9-11H2,1-2H3,(H,17,19). The molecule has 1 N–H and O–H groups in total. The first-order chi connectivity index (χ1) is 9.58. The fourth-order valence-corrected chi connectivity index (χ4v) is 1.79. The summed E-state index contributed by atoms with van der Waals surface area (Å²) in [6.07, 6.45) is 1.61. The van der Waals surface area contributed by atoms with E-state index in [9.17, 15) is 14.0 Å². The van der Waals surface area contributed by atoms with Crippen LogP contribution in [0.2, 0.25) is 0 Å².